The summed E-state index contributed by atoms with van der Waals surface area (Å²) in [6.45, 7) is 0. The second-order valence-electron chi connectivity index (χ2n) is 12.2. The molecule has 44 heavy (non-hydrogen) atoms. The minimum absolute atomic E-state index is 0.126. The number of fused-ring (bicyclic) bond motifs is 2. The maximum Gasteiger partial charge on any atom is 0.328 e. The zero-order chi connectivity index (χ0) is 30.6. The summed E-state index contributed by atoms with van der Waals surface area (Å²) < 4.78 is 4.22. The first-order valence-electron chi connectivity index (χ1n) is 15.2. The fourth-order valence-electron chi connectivity index (χ4n) is 7.20. The maximum atomic E-state index is 13.9. The summed E-state index contributed by atoms with van der Waals surface area (Å²) in [7, 11) is 4.03. The lowest BCUT2D eigenvalue weighted by molar-refractivity contribution is -0.131. The van der Waals surface area contributed by atoms with Crippen molar-refractivity contribution in [1.82, 2.24) is 24.4 Å². The smallest absolute Gasteiger partial charge is 0.328 e. The van der Waals surface area contributed by atoms with Crippen LogP contribution in [-0.2, 0) is 24.4 Å². The van der Waals surface area contributed by atoms with Crippen LogP contribution < -0.4 is 5.32 Å². The zero-order valence-corrected chi connectivity index (χ0v) is 25.6. The van der Waals surface area contributed by atoms with Gasteiger partial charge < -0.3 is 19.6 Å². The molecule has 2 aromatic carbocycles. The van der Waals surface area contributed by atoms with E-state index >= 15 is 0 Å². The number of carboxylic acid groups (broad SMARTS) is 1. The summed E-state index contributed by atoms with van der Waals surface area (Å²) in [6.07, 6.45) is 11.7. The van der Waals surface area contributed by atoms with Gasteiger partial charge in [-0.05, 0) is 91.6 Å². The lowest BCUT2D eigenvalue weighted by Gasteiger charge is -2.41. The number of benzene rings is 2. The molecule has 2 N–H and O–H groups in total. The molecule has 0 aliphatic heterocycles. The second kappa shape index (κ2) is 10.9. The highest BCUT2D eigenvalue weighted by Crippen LogP contribution is 2.45. The molecule has 2 saturated carbocycles. The largest absolute Gasteiger partial charge is 0.478 e. The van der Waals surface area contributed by atoms with Crippen LogP contribution in [0.4, 0.5) is 0 Å². The monoisotopic (exact) mass is 607 g/mol. The van der Waals surface area contributed by atoms with Crippen LogP contribution >= 0.6 is 11.6 Å². The van der Waals surface area contributed by atoms with Gasteiger partial charge in [0.2, 0.25) is 0 Å². The van der Waals surface area contributed by atoms with Crippen LogP contribution in [0.15, 0.2) is 60.8 Å². The van der Waals surface area contributed by atoms with E-state index in [1.165, 1.54) is 23.8 Å². The predicted molar refractivity (Wildman–Crippen MR) is 173 cm³/mol. The first-order valence-corrected chi connectivity index (χ1v) is 15.6. The number of nitrogens with zero attached hydrogens (tertiary/aromatic N) is 4. The Balaban J connectivity index is 1.24. The number of pyridine rings is 1. The molecular weight excluding hydrogens is 574 g/mol. The number of carbonyl (C=O) groups is 2. The maximum absolute atomic E-state index is 13.9. The van der Waals surface area contributed by atoms with Gasteiger partial charge in [0.15, 0.2) is 0 Å². The van der Waals surface area contributed by atoms with Gasteiger partial charge in [-0.2, -0.15) is 0 Å². The molecule has 0 saturated heterocycles. The van der Waals surface area contributed by atoms with Gasteiger partial charge in [-0.1, -0.05) is 36.6 Å². The summed E-state index contributed by atoms with van der Waals surface area (Å²) >= 11 is 6.17. The Morgan fingerprint density at radius 2 is 1.80 bits per heavy atom. The van der Waals surface area contributed by atoms with Crippen LogP contribution in [0.1, 0.15) is 78.2 Å². The van der Waals surface area contributed by atoms with E-state index in [9.17, 15) is 9.59 Å². The summed E-state index contributed by atoms with van der Waals surface area (Å²) in [6, 6.07) is 15.6. The molecule has 0 radical (unpaired) electrons. The van der Waals surface area contributed by atoms with Crippen molar-refractivity contribution >= 4 is 51.5 Å². The lowest BCUT2D eigenvalue weighted by atomic mass is 9.75. The number of imidazole rings is 1. The van der Waals surface area contributed by atoms with Crippen LogP contribution in [0, 0.1) is 0 Å². The van der Waals surface area contributed by atoms with Crippen molar-refractivity contribution in [3.63, 3.8) is 0 Å². The Kier molecular flexibility index (Phi) is 7.04. The second-order valence-corrected chi connectivity index (χ2v) is 12.6. The Labute approximate surface area is 260 Å². The fourth-order valence-corrected chi connectivity index (χ4v) is 7.31. The summed E-state index contributed by atoms with van der Waals surface area (Å²) in [5.74, 6) is 0.149. The predicted octanol–water partition coefficient (Wildman–Crippen LogP) is 7.35. The van der Waals surface area contributed by atoms with E-state index in [1.807, 2.05) is 54.1 Å². The van der Waals surface area contributed by atoms with Gasteiger partial charge in [0.05, 0.1) is 33.0 Å². The first-order chi connectivity index (χ1) is 21.2. The van der Waals surface area contributed by atoms with Gasteiger partial charge in [-0.3, -0.25) is 9.78 Å². The number of hydrogen-bond acceptors (Lipinski definition) is 4. The molecule has 5 aromatic rings. The highest BCUT2D eigenvalue weighted by molar-refractivity contribution is 6.30. The van der Waals surface area contributed by atoms with Gasteiger partial charge in [0, 0.05) is 42.8 Å². The van der Waals surface area contributed by atoms with E-state index in [0.29, 0.717) is 16.5 Å². The Bertz CT molecular complexity index is 1960. The van der Waals surface area contributed by atoms with Crippen molar-refractivity contribution in [2.24, 2.45) is 14.1 Å². The number of aryl methyl sites for hydroxylation is 2. The van der Waals surface area contributed by atoms with Crippen LogP contribution in [-0.4, -0.2) is 36.1 Å². The van der Waals surface area contributed by atoms with Gasteiger partial charge in [0.25, 0.3) is 5.91 Å². The molecule has 9 heteroatoms. The third-order valence-corrected chi connectivity index (χ3v) is 9.77. The third kappa shape index (κ3) is 4.78. The molecule has 2 fully saturated rings. The van der Waals surface area contributed by atoms with Crippen molar-refractivity contribution in [1.29, 1.82) is 0 Å². The van der Waals surface area contributed by atoms with Crippen LogP contribution in [0.3, 0.4) is 0 Å². The van der Waals surface area contributed by atoms with Crippen molar-refractivity contribution in [3.8, 4) is 11.4 Å². The number of carboxylic acids is 1. The number of halogens is 1. The van der Waals surface area contributed by atoms with Gasteiger partial charge >= 0.3 is 5.97 Å². The molecule has 3 aromatic heterocycles. The number of hydrogen-bond donors (Lipinski definition) is 2. The quantitative estimate of drug-likeness (QED) is 0.188. The lowest BCUT2D eigenvalue weighted by Crippen LogP contribution is -2.52. The zero-order valence-electron chi connectivity index (χ0n) is 24.8. The SMILES string of the molecule is Cn1c(C2(NC(=O)c3ccc4c(C5CCCC5)c(-c5ccc(Cl)cn5)n(C)c4c3)CCC2)nc2cc(/C=C/C(=O)O)ccc21. The molecule has 0 bridgehead atoms. The van der Waals surface area contributed by atoms with Gasteiger partial charge in [-0.15, -0.1) is 0 Å². The van der Waals surface area contributed by atoms with E-state index in [0.717, 1.165) is 77.5 Å². The van der Waals surface area contributed by atoms with E-state index in [1.54, 1.807) is 12.3 Å². The molecule has 0 unspecified atom stereocenters. The van der Waals surface area contributed by atoms with E-state index in [2.05, 4.69) is 28.0 Å². The van der Waals surface area contributed by atoms with Gasteiger partial charge in [0.1, 0.15) is 5.82 Å². The normalized spacial score (nSPS) is 16.6. The van der Waals surface area contributed by atoms with E-state index < -0.39 is 11.5 Å². The minimum atomic E-state index is -0.996. The first kappa shape index (κ1) is 28.3. The number of aromatic nitrogens is 4. The molecule has 7 rings (SSSR count). The van der Waals surface area contributed by atoms with E-state index in [-0.39, 0.29) is 5.91 Å². The highest BCUT2D eigenvalue weighted by Gasteiger charge is 2.44. The number of carbonyl (C=O) groups excluding carboxylic acids is 1. The summed E-state index contributed by atoms with van der Waals surface area (Å²) in [4.78, 5) is 34.5. The molecule has 1 amide bonds. The van der Waals surface area contributed by atoms with E-state index in [4.69, 9.17) is 21.7 Å². The number of rotatable bonds is 7. The molecule has 2 aliphatic rings. The molecule has 8 nitrogen and oxygen atoms in total. The molecule has 0 atom stereocenters. The number of aliphatic carboxylic acids is 1. The highest BCUT2D eigenvalue weighted by atomic mass is 35.5. The minimum Gasteiger partial charge on any atom is -0.478 e. The van der Waals surface area contributed by atoms with Crippen LogP contribution in [0.5, 0.6) is 0 Å². The molecule has 224 valence electrons. The van der Waals surface area contributed by atoms with Crippen molar-refractivity contribution in [2.45, 2.75) is 56.4 Å². The van der Waals surface area contributed by atoms with Gasteiger partial charge in [-0.25, -0.2) is 9.78 Å². The summed E-state index contributed by atoms with van der Waals surface area (Å²) in [5, 5.41) is 14.1. The average Bonchev–Trinajstić information content (AvgIpc) is 3.71. The fraction of sp³-hybridized carbons (Fsp3) is 0.314. The third-order valence-electron chi connectivity index (χ3n) is 9.55. The van der Waals surface area contributed by atoms with Crippen LogP contribution in [0.2, 0.25) is 5.02 Å². The molecular formula is C35H34ClN5O3. The molecule has 3 heterocycles. The number of amides is 1. The Hall–Kier alpha value is -4.43. The molecule has 2 aliphatic carbocycles. The van der Waals surface area contributed by atoms with Crippen molar-refractivity contribution in [3.05, 3.63) is 88.3 Å². The summed E-state index contributed by atoms with van der Waals surface area (Å²) in [5.41, 5.74) is 6.80. The Morgan fingerprint density at radius 1 is 1.00 bits per heavy atom. The van der Waals surface area contributed by atoms with Crippen molar-refractivity contribution in [2.75, 3.05) is 0 Å². The van der Waals surface area contributed by atoms with Crippen molar-refractivity contribution < 1.29 is 14.7 Å². The van der Waals surface area contributed by atoms with Crippen LogP contribution in [0.25, 0.3) is 39.4 Å². The number of nitrogens with one attached hydrogen (secondary N) is 1. The Morgan fingerprint density at radius 3 is 2.48 bits per heavy atom. The topological polar surface area (TPSA) is 102 Å². The molecule has 0 spiro atoms. The average molecular weight is 608 g/mol. The standard InChI is InChI=1S/C35H34ClN5O3/c1-40-29-19-23(10-12-25(29)31(22-6-3-4-7-22)32(40)26-13-11-24(36)20-37-26)33(44)39-35(16-5-17-35)34-38-27-18-21(9-15-30(42)43)8-14-28(27)41(34)2/h8-15,18-20,22H,3-7,16-17H2,1-2H3,(H,39,44)(H,42,43)/b15-9+.